The summed E-state index contributed by atoms with van der Waals surface area (Å²) < 4.78 is 18.9. The fourth-order valence-electron chi connectivity index (χ4n) is 3.17. The van der Waals surface area contributed by atoms with Crippen LogP contribution in [-0.2, 0) is 11.3 Å². The molecule has 0 aliphatic heterocycles. The summed E-state index contributed by atoms with van der Waals surface area (Å²) in [5.41, 5.74) is 0.821. The molecule has 0 unspecified atom stereocenters. The average Bonchev–Trinajstić information content (AvgIpc) is 3.22. The zero-order chi connectivity index (χ0) is 22.2. The van der Waals surface area contributed by atoms with Gasteiger partial charge < -0.3 is 19.3 Å². The highest BCUT2D eigenvalue weighted by Gasteiger charge is 2.08. The molecule has 1 heterocycles. The molecule has 4 rings (SSSR count). The number of benzene rings is 3. The van der Waals surface area contributed by atoms with E-state index in [9.17, 15) is 4.79 Å². The van der Waals surface area contributed by atoms with Crippen LogP contribution in [0.4, 0.5) is 0 Å². The molecular weight excluding hydrogens is 408 g/mol. The number of aliphatic hydroxyl groups is 1. The highest BCUT2D eigenvalue weighted by Crippen LogP contribution is 2.24. The Labute approximate surface area is 185 Å². The zero-order valence-electron chi connectivity index (χ0n) is 17.5. The van der Waals surface area contributed by atoms with E-state index in [0.29, 0.717) is 13.2 Å². The maximum Gasteiger partial charge on any atom is 0.179 e. The molecule has 0 radical (unpaired) electrons. The third kappa shape index (κ3) is 5.65. The molecular formula is C25H24N2O5. The number of fused-ring (bicyclic) bond motifs is 1. The van der Waals surface area contributed by atoms with Gasteiger partial charge in [-0.05, 0) is 54.6 Å². The van der Waals surface area contributed by atoms with Crippen LogP contribution in [0, 0.1) is 0 Å². The molecule has 3 aromatic carbocycles. The standard InChI is InChI=1S/C25H24N2O5/c28-18-20(29)17-27-25-12-11-24(15-19(25)16-26-27)31-14-4-13-30-21-7-9-23(10-8-21)32-22-5-2-1-3-6-22/h1-3,5-12,15-16,28H,4,13-14,17-18H2. The van der Waals surface area contributed by atoms with Crippen molar-refractivity contribution < 1.29 is 24.1 Å². The number of Topliss-reactive ketones (excluding diaryl/α,β-unsaturated/α-hetero) is 1. The molecule has 0 saturated heterocycles. The Morgan fingerprint density at radius 1 is 0.844 bits per heavy atom. The number of rotatable bonds is 11. The molecule has 32 heavy (non-hydrogen) atoms. The minimum absolute atomic E-state index is 0.0525. The van der Waals surface area contributed by atoms with E-state index >= 15 is 0 Å². The monoisotopic (exact) mass is 432 g/mol. The molecule has 7 heteroatoms. The molecule has 0 amide bonds. The van der Waals surface area contributed by atoms with Crippen LogP contribution in [0.3, 0.4) is 0 Å². The van der Waals surface area contributed by atoms with E-state index in [1.807, 2.05) is 72.8 Å². The van der Waals surface area contributed by atoms with Gasteiger partial charge in [0.25, 0.3) is 0 Å². The van der Waals surface area contributed by atoms with Crippen LogP contribution in [0.25, 0.3) is 10.9 Å². The molecule has 0 aliphatic rings. The van der Waals surface area contributed by atoms with Gasteiger partial charge in [0.2, 0.25) is 0 Å². The fraction of sp³-hybridized carbons (Fsp3) is 0.200. The summed E-state index contributed by atoms with van der Waals surface area (Å²) in [6.45, 7) is 0.604. The van der Waals surface area contributed by atoms with Gasteiger partial charge in [0, 0.05) is 11.8 Å². The molecule has 0 fully saturated rings. The van der Waals surface area contributed by atoms with Crippen molar-refractivity contribution in [1.29, 1.82) is 0 Å². The van der Waals surface area contributed by atoms with E-state index in [1.54, 1.807) is 10.9 Å². The number of hydrogen-bond acceptors (Lipinski definition) is 6. The zero-order valence-corrected chi connectivity index (χ0v) is 17.5. The fourth-order valence-corrected chi connectivity index (χ4v) is 3.17. The van der Waals surface area contributed by atoms with Crippen molar-refractivity contribution in [3.63, 3.8) is 0 Å². The van der Waals surface area contributed by atoms with Crippen molar-refractivity contribution in [1.82, 2.24) is 9.78 Å². The van der Waals surface area contributed by atoms with Gasteiger partial charge in [-0.2, -0.15) is 5.10 Å². The molecule has 7 nitrogen and oxygen atoms in total. The lowest BCUT2D eigenvalue weighted by atomic mass is 10.2. The summed E-state index contributed by atoms with van der Waals surface area (Å²) in [5.74, 6) is 2.77. The Morgan fingerprint density at radius 2 is 1.50 bits per heavy atom. The van der Waals surface area contributed by atoms with Crippen molar-refractivity contribution in [2.45, 2.75) is 13.0 Å². The largest absolute Gasteiger partial charge is 0.493 e. The summed E-state index contributed by atoms with van der Waals surface area (Å²) in [5, 5.41) is 14.0. The highest BCUT2D eigenvalue weighted by atomic mass is 16.5. The van der Waals surface area contributed by atoms with E-state index in [2.05, 4.69) is 5.10 Å². The molecule has 0 aliphatic carbocycles. The molecule has 164 valence electrons. The van der Waals surface area contributed by atoms with Crippen LogP contribution < -0.4 is 14.2 Å². The van der Waals surface area contributed by atoms with Crippen LogP contribution in [0.5, 0.6) is 23.0 Å². The van der Waals surface area contributed by atoms with Crippen molar-refractivity contribution in [3.05, 3.63) is 79.0 Å². The number of nitrogens with zero attached hydrogens (tertiary/aromatic N) is 2. The predicted octanol–water partition coefficient (Wildman–Crippen LogP) is 4.24. The number of carbonyl (C=O) groups is 1. The van der Waals surface area contributed by atoms with Crippen molar-refractivity contribution in [2.75, 3.05) is 19.8 Å². The number of aromatic nitrogens is 2. The first-order valence-corrected chi connectivity index (χ1v) is 10.4. The minimum Gasteiger partial charge on any atom is -0.493 e. The summed E-state index contributed by atoms with van der Waals surface area (Å²) in [4.78, 5) is 11.4. The number of aliphatic hydroxyl groups excluding tert-OH is 1. The topological polar surface area (TPSA) is 82.8 Å². The Bertz CT molecular complexity index is 1160. The van der Waals surface area contributed by atoms with Crippen molar-refractivity contribution in [2.24, 2.45) is 0 Å². The normalized spacial score (nSPS) is 10.8. The Morgan fingerprint density at radius 3 is 2.25 bits per heavy atom. The highest BCUT2D eigenvalue weighted by molar-refractivity contribution is 5.84. The summed E-state index contributed by atoms with van der Waals surface area (Å²) >= 11 is 0. The van der Waals surface area contributed by atoms with Gasteiger partial charge in [0.1, 0.15) is 36.1 Å². The summed E-state index contributed by atoms with van der Waals surface area (Å²) in [6, 6.07) is 22.7. The Balaban J connectivity index is 1.20. The first-order chi connectivity index (χ1) is 15.7. The van der Waals surface area contributed by atoms with Crippen LogP contribution in [0.1, 0.15) is 6.42 Å². The third-order valence-electron chi connectivity index (χ3n) is 4.74. The van der Waals surface area contributed by atoms with Crippen molar-refractivity contribution >= 4 is 16.7 Å². The average molecular weight is 432 g/mol. The SMILES string of the molecule is O=C(CO)Cn1ncc2cc(OCCCOc3ccc(Oc4ccccc4)cc3)ccc21. The number of para-hydroxylation sites is 1. The smallest absolute Gasteiger partial charge is 0.179 e. The molecule has 4 aromatic rings. The van der Waals surface area contributed by atoms with Crippen LogP contribution in [0.15, 0.2) is 79.0 Å². The quantitative estimate of drug-likeness (QED) is 0.357. The molecule has 0 saturated carbocycles. The van der Waals surface area contributed by atoms with Crippen LogP contribution in [0.2, 0.25) is 0 Å². The van der Waals surface area contributed by atoms with Gasteiger partial charge in [-0.1, -0.05) is 18.2 Å². The maximum atomic E-state index is 11.4. The van der Waals surface area contributed by atoms with E-state index in [4.69, 9.17) is 19.3 Å². The number of hydrogen-bond donors (Lipinski definition) is 1. The number of carbonyl (C=O) groups excluding carboxylic acids is 1. The summed E-state index contributed by atoms with van der Waals surface area (Å²) in [6.07, 6.45) is 2.41. The lowest BCUT2D eigenvalue weighted by molar-refractivity contribution is -0.122. The lowest BCUT2D eigenvalue weighted by Crippen LogP contribution is -2.14. The van der Waals surface area contributed by atoms with E-state index < -0.39 is 6.61 Å². The van der Waals surface area contributed by atoms with Crippen LogP contribution >= 0.6 is 0 Å². The predicted molar refractivity (Wildman–Crippen MR) is 120 cm³/mol. The first kappa shape index (κ1) is 21.4. The molecule has 0 spiro atoms. The minimum atomic E-state index is -0.490. The first-order valence-electron chi connectivity index (χ1n) is 10.4. The summed E-state index contributed by atoms with van der Waals surface area (Å²) in [7, 11) is 0. The van der Waals surface area contributed by atoms with Gasteiger partial charge in [0.05, 0.1) is 24.9 Å². The van der Waals surface area contributed by atoms with Gasteiger partial charge in [-0.25, -0.2) is 0 Å². The Kier molecular flexibility index (Phi) is 6.99. The second kappa shape index (κ2) is 10.5. The second-order valence-corrected chi connectivity index (χ2v) is 7.16. The third-order valence-corrected chi connectivity index (χ3v) is 4.74. The van der Waals surface area contributed by atoms with Crippen LogP contribution in [-0.4, -0.2) is 40.5 Å². The molecule has 1 N–H and O–H groups in total. The van der Waals surface area contributed by atoms with Gasteiger partial charge in [-0.3, -0.25) is 9.48 Å². The second-order valence-electron chi connectivity index (χ2n) is 7.16. The Hall–Kier alpha value is -3.84. The molecule has 1 aromatic heterocycles. The van der Waals surface area contributed by atoms with E-state index in [0.717, 1.165) is 40.3 Å². The van der Waals surface area contributed by atoms with E-state index in [-0.39, 0.29) is 12.3 Å². The van der Waals surface area contributed by atoms with Gasteiger partial charge in [-0.15, -0.1) is 0 Å². The van der Waals surface area contributed by atoms with Gasteiger partial charge >= 0.3 is 0 Å². The molecule has 0 atom stereocenters. The van der Waals surface area contributed by atoms with Crippen molar-refractivity contribution in [3.8, 4) is 23.0 Å². The van der Waals surface area contributed by atoms with E-state index in [1.165, 1.54) is 0 Å². The molecule has 0 bridgehead atoms. The number of ketones is 1. The number of ether oxygens (including phenoxy) is 3. The lowest BCUT2D eigenvalue weighted by Gasteiger charge is -2.10. The van der Waals surface area contributed by atoms with Gasteiger partial charge in [0.15, 0.2) is 5.78 Å². The maximum absolute atomic E-state index is 11.4.